The Kier molecular flexibility index (Phi) is 8.40. The molecule has 0 aliphatic heterocycles. The first-order valence-electron chi connectivity index (χ1n) is 8.27. The molecule has 5 nitrogen and oxygen atoms in total. The highest BCUT2D eigenvalue weighted by atomic mass is 19.2. The van der Waals surface area contributed by atoms with Crippen LogP contribution in [0.1, 0.15) is 27.2 Å². The molecule has 2 amide bonds. The molecular weight excluding hydrogens is 335 g/mol. The van der Waals surface area contributed by atoms with Gasteiger partial charge in [0.05, 0.1) is 18.8 Å². The molecule has 0 aliphatic carbocycles. The van der Waals surface area contributed by atoms with Crippen LogP contribution in [0.3, 0.4) is 0 Å². The second kappa shape index (κ2) is 10.0. The Balaban J connectivity index is 2.73. The molecule has 0 fully saturated rings. The first-order chi connectivity index (χ1) is 11.8. The highest BCUT2D eigenvalue weighted by Gasteiger charge is 2.19. The van der Waals surface area contributed by atoms with Crippen LogP contribution in [0, 0.1) is 17.5 Å². The standard InChI is InChI=1S/C17H24F3N3O2/c1-4-9-22(11-15(25)23(5-2)6-3)10-14(24)21-13-8-7-12(18)16(19)17(13)20/h7-8H,4-6,9-11H2,1-3H3,(H,21,24). The van der Waals surface area contributed by atoms with Gasteiger partial charge in [0, 0.05) is 13.1 Å². The molecule has 0 saturated carbocycles. The van der Waals surface area contributed by atoms with Gasteiger partial charge in [-0.2, -0.15) is 0 Å². The number of nitrogens with zero attached hydrogens (tertiary/aromatic N) is 2. The van der Waals surface area contributed by atoms with Crippen molar-refractivity contribution in [1.29, 1.82) is 0 Å². The van der Waals surface area contributed by atoms with Crippen molar-refractivity contribution in [2.45, 2.75) is 27.2 Å². The minimum atomic E-state index is -1.64. The molecule has 140 valence electrons. The minimum absolute atomic E-state index is 0.0587. The molecule has 0 atom stereocenters. The van der Waals surface area contributed by atoms with Crippen LogP contribution < -0.4 is 5.32 Å². The van der Waals surface area contributed by atoms with Crippen molar-refractivity contribution in [2.24, 2.45) is 0 Å². The van der Waals surface area contributed by atoms with E-state index in [9.17, 15) is 22.8 Å². The zero-order valence-electron chi connectivity index (χ0n) is 14.7. The summed E-state index contributed by atoms with van der Waals surface area (Å²) in [7, 11) is 0. The van der Waals surface area contributed by atoms with E-state index in [0.717, 1.165) is 18.6 Å². The van der Waals surface area contributed by atoms with Gasteiger partial charge in [0.1, 0.15) is 0 Å². The number of benzene rings is 1. The first kappa shape index (κ1) is 21.0. The quantitative estimate of drug-likeness (QED) is 0.690. The van der Waals surface area contributed by atoms with E-state index in [0.29, 0.717) is 19.6 Å². The molecule has 25 heavy (non-hydrogen) atoms. The number of hydrogen-bond donors (Lipinski definition) is 1. The third-order valence-electron chi connectivity index (χ3n) is 3.69. The molecule has 0 heterocycles. The second-order valence-electron chi connectivity index (χ2n) is 5.55. The fraction of sp³-hybridized carbons (Fsp3) is 0.529. The van der Waals surface area contributed by atoms with Crippen LogP contribution in [0.5, 0.6) is 0 Å². The van der Waals surface area contributed by atoms with Gasteiger partial charge in [-0.05, 0) is 38.9 Å². The summed E-state index contributed by atoms with van der Waals surface area (Å²) in [6, 6.07) is 1.69. The molecule has 0 saturated heterocycles. The molecule has 8 heteroatoms. The largest absolute Gasteiger partial charge is 0.342 e. The van der Waals surface area contributed by atoms with E-state index >= 15 is 0 Å². The average Bonchev–Trinajstić information content (AvgIpc) is 2.56. The van der Waals surface area contributed by atoms with Gasteiger partial charge in [-0.25, -0.2) is 13.2 Å². The monoisotopic (exact) mass is 359 g/mol. The van der Waals surface area contributed by atoms with Gasteiger partial charge >= 0.3 is 0 Å². The second-order valence-corrected chi connectivity index (χ2v) is 5.55. The maximum atomic E-state index is 13.6. The van der Waals surface area contributed by atoms with E-state index in [-0.39, 0.29) is 19.0 Å². The number of carbonyl (C=O) groups excluding carboxylic acids is 2. The van der Waals surface area contributed by atoms with Crippen LogP contribution in [0.25, 0.3) is 0 Å². The van der Waals surface area contributed by atoms with Crippen molar-refractivity contribution in [3.05, 3.63) is 29.6 Å². The third-order valence-corrected chi connectivity index (χ3v) is 3.69. The Morgan fingerprint density at radius 3 is 2.20 bits per heavy atom. The van der Waals surface area contributed by atoms with Crippen LogP contribution in [-0.2, 0) is 9.59 Å². The minimum Gasteiger partial charge on any atom is -0.342 e. The maximum absolute atomic E-state index is 13.6. The Bertz CT molecular complexity index is 607. The zero-order chi connectivity index (χ0) is 19.0. The van der Waals surface area contributed by atoms with E-state index in [1.54, 1.807) is 9.80 Å². The normalized spacial score (nSPS) is 10.8. The molecular formula is C17H24F3N3O2. The SMILES string of the molecule is CCCN(CC(=O)Nc1ccc(F)c(F)c1F)CC(=O)N(CC)CC. The number of carbonyl (C=O) groups is 2. The van der Waals surface area contributed by atoms with Crippen molar-refractivity contribution in [1.82, 2.24) is 9.80 Å². The number of anilines is 1. The summed E-state index contributed by atoms with van der Waals surface area (Å²) in [5.41, 5.74) is -0.435. The number of hydrogen-bond acceptors (Lipinski definition) is 3. The van der Waals surface area contributed by atoms with Gasteiger partial charge in [0.2, 0.25) is 11.8 Å². The van der Waals surface area contributed by atoms with E-state index in [1.807, 2.05) is 20.8 Å². The first-order valence-corrected chi connectivity index (χ1v) is 8.27. The zero-order valence-corrected chi connectivity index (χ0v) is 14.7. The Morgan fingerprint density at radius 2 is 1.64 bits per heavy atom. The molecule has 0 spiro atoms. The Morgan fingerprint density at radius 1 is 1.00 bits per heavy atom. The molecule has 1 aromatic carbocycles. The highest BCUT2D eigenvalue weighted by Crippen LogP contribution is 2.19. The van der Waals surface area contributed by atoms with Crippen LogP contribution in [-0.4, -0.2) is 54.3 Å². The van der Waals surface area contributed by atoms with Gasteiger partial charge in [-0.1, -0.05) is 6.92 Å². The van der Waals surface area contributed by atoms with Gasteiger partial charge in [-0.3, -0.25) is 14.5 Å². The van der Waals surface area contributed by atoms with Gasteiger partial charge in [-0.15, -0.1) is 0 Å². The van der Waals surface area contributed by atoms with Crippen LogP contribution in [0.4, 0.5) is 18.9 Å². The summed E-state index contributed by atoms with van der Waals surface area (Å²) in [5.74, 6) is -5.13. The molecule has 1 rings (SSSR count). The van der Waals surface area contributed by atoms with E-state index in [1.165, 1.54) is 0 Å². The van der Waals surface area contributed by atoms with Crippen molar-refractivity contribution < 1.29 is 22.8 Å². The molecule has 1 N–H and O–H groups in total. The van der Waals surface area contributed by atoms with Gasteiger partial charge in [0.25, 0.3) is 0 Å². The topological polar surface area (TPSA) is 52.7 Å². The smallest absolute Gasteiger partial charge is 0.238 e. The summed E-state index contributed by atoms with van der Waals surface area (Å²) in [4.78, 5) is 27.5. The fourth-order valence-corrected chi connectivity index (χ4v) is 2.41. The van der Waals surface area contributed by atoms with Crippen LogP contribution in [0.2, 0.25) is 0 Å². The lowest BCUT2D eigenvalue weighted by Crippen LogP contribution is -2.43. The summed E-state index contributed by atoms with van der Waals surface area (Å²) in [5, 5.41) is 2.21. The summed E-state index contributed by atoms with van der Waals surface area (Å²) in [6.07, 6.45) is 0.721. The van der Waals surface area contributed by atoms with E-state index in [2.05, 4.69) is 5.32 Å². The van der Waals surface area contributed by atoms with Gasteiger partial charge in [0.15, 0.2) is 17.5 Å². The molecule has 1 aromatic rings. The average molecular weight is 359 g/mol. The lowest BCUT2D eigenvalue weighted by Gasteiger charge is -2.25. The lowest BCUT2D eigenvalue weighted by molar-refractivity contribution is -0.132. The number of halogens is 3. The third kappa shape index (κ3) is 6.04. The number of amides is 2. The number of rotatable bonds is 9. The van der Waals surface area contributed by atoms with Crippen molar-refractivity contribution in [3.8, 4) is 0 Å². The molecule has 0 radical (unpaired) electrons. The predicted molar refractivity (Wildman–Crippen MR) is 89.6 cm³/mol. The van der Waals surface area contributed by atoms with Crippen molar-refractivity contribution in [2.75, 3.05) is 38.0 Å². The summed E-state index contributed by atoms with van der Waals surface area (Å²) < 4.78 is 39.7. The van der Waals surface area contributed by atoms with Crippen molar-refractivity contribution >= 4 is 17.5 Å². The van der Waals surface area contributed by atoms with Crippen LogP contribution in [0.15, 0.2) is 12.1 Å². The Labute approximate surface area is 145 Å². The predicted octanol–water partition coefficient (Wildman–Crippen LogP) is 2.62. The fourth-order valence-electron chi connectivity index (χ4n) is 2.41. The maximum Gasteiger partial charge on any atom is 0.238 e. The highest BCUT2D eigenvalue weighted by molar-refractivity contribution is 5.92. The van der Waals surface area contributed by atoms with E-state index < -0.39 is 29.0 Å². The number of likely N-dealkylation sites (N-methyl/N-ethyl adjacent to an activating group) is 1. The van der Waals surface area contributed by atoms with Crippen molar-refractivity contribution in [3.63, 3.8) is 0 Å². The summed E-state index contributed by atoms with van der Waals surface area (Å²) >= 11 is 0. The molecule has 0 aliphatic rings. The van der Waals surface area contributed by atoms with Gasteiger partial charge < -0.3 is 10.2 Å². The lowest BCUT2D eigenvalue weighted by atomic mass is 10.2. The molecule has 0 bridgehead atoms. The molecule has 0 aromatic heterocycles. The summed E-state index contributed by atoms with van der Waals surface area (Å²) in [6.45, 7) is 7.18. The van der Waals surface area contributed by atoms with E-state index in [4.69, 9.17) is 0 Å². The molecule has 0 unspecified atom stereocenters. The number of nitrogens with one attached hydrogen (secondary N) is 1. The van der Waals surface area contributed by atoms with Crippen LogP contribution >= 0.6 is 0 Å². The Hall–Kier alpha value is -2.09.